The van der Waals surface area contributed by atoms with Crippen LogP contribution in [0, 0.1) is 0 Å². The van der Waals surface area contributed by atoms with Gasteiger partial charge in [-0.2, -0.15) is 0 Å². The van der Waals surface area contributed by atoms with Gasteiger partial charge in [0.05, 0.1) is 11.1 Å². The number of rotatable bonds is 11. The smallest absolute Gasteiger partial charge is 0.335 e. The summed E-state index contributed by atoms with van der Waals surface area (Å²) >= 11 is 0. The molecule has 0 unspecified atom stereocenters. The van der Waals surface area contributed by atoms with Gasteiger partial charge < -0.3 is 24.4 Å². The topological polar surface area (TPSA) is 102 Å². The van der Waals surface area contributed by atoms with E-state index in [0.29, 0.717) is 30.3 Å². The Morgan fingerprint density at radius 2 is 0.889 bits per heavy atom. The Labute approximate surface area is 208 Å². The summed E-state index contributed by atoms with van der Waals surface area (Å²) in [5.41, 5.74) is 2.39. The van der Waals surface area contributed by atoms with Crippen LogP contribution in [0.5, 0.6) is 17.2 Å². The maximum atomic E-state index is 11.4. The van der Waals surface area contributed by atoms with Crippen LogP contribution < -0.4 is 14.2 Å². The molecule has 0 saturated heterocycles. The van der Waals surface area contributed by atoms with Gasteiger partial charge in [0.2, 0.25) is 0 Å². The van der Waals surface area contributed by atoms with E-state index in [4.69, 9.17) is 14.2 Å². The third-order valence-electron chi connectivity index (χ3n) is 5.24. The molecule has 0 bridgehead atoms. The number of carboxylic acids is 2. The first kappa shape index (κ1) is 24.3. The third-order valence-corrected chi connectivity index (χ3v) is 5.24. The van der Waals surface area contributed by atoms with Crippen LogP contribution in [0.15, 0.2) is 97.1 Å². The fourth-order valence-electron chi connectivity index (χ4n) is 3.46. The minimum atomic E-state index is -1.24. The molecule has 36 heavy (non-hydrogen) atoms. The highest BCUT2D eigenvalue weighted by Gasteiger charge is 2.13. The monoisotopic (exact) mass is 484 g/mol. The molecule has 0 spiro atoms. The SMILES string of the molecule is O=C(O)c1cc(OCc2cc(OCc3ccccc3)cc(OCc3ccccc3)c2)cc(C(=O)O)c1. The third kappa shape index (κ3) is 6.87. The standard InChI is InChI=1S/C29H24O7/c30-28(31)23-13-24(29(32)33)15-27(14-23)36-19-22-11-25(34-17-20-7-3-1-4-8-20)16-26(12-22)35-18-21-9-5-2-6-10-21/h1-16H,17-19H2,(H,30,31)(H,32,33). The molecule has 182 valence electrons. The zero-order valence-corrected chi connectivity index (χ0v) is 19.3. The number of aromatic carboxylic acids is 2. The lowest BCUT2D eigenvalue weighted by molar-refractivity contribution is 0.0696. The number of ether oxygens (including phenoxy) is 3. The van der Waals surface area contributed by atoms with E-state index in [1.807, 2.05) is 60.7 Å². The highest BCUT2D eigenvalue weighted by atomic mass is 16.5. The van der Waals surface area contributed by atoms with Gasteiger partial charge in [0, 0.05) is 6.07 Å². The number of hydrogen-bond acceptors (Lipinski definition) is 5. The molecule has 0 fully saturated rings. The van der Waals surface area contributed by atoms with E-state index in [-0.39, 0.29) is 23.5 Å². The molecule has 0 radical (unpaired) electrons. The van der Waals surface area contributed by atoms with Crippen molar-refractivity contribution in [3.63, 3.8) is 0 Å². The molecule has 0 amide bonds. The molecule has 0 aliphatic rings. The second kappa shape index (κ2) is 11.6. The van der Waals surface area contributed by atoms with Crippen LogP contribution in [0.3, 0.4) is 0 Å². The molecule has 0 aromatic heterocycles. The summed E-state index contributed by atoms with van der Waals surface area (Å²) in [6.45, 7) is 0.782. The normalized spacial score (nSPS) is 10.4. The van der Waals surface area contributed by atoms with Crippen LogP contribution in [0.1, 0.15) is 37.4 Å². The van der Waals surface area contributed by atoms with Crippen LogP contribution >= 0.6 is 0 Å². The highest BCUT2D eigenvalue weighted by Crippen LogP contribution is 2.26. The van der Waals surface area contributed by atoms with E-state index in [1.54, 1.807) is 18.2 Å². The van der Waals surface area contributed by atoms with Crippen molar-refractivity contribution in [3.05, 3.63) is 125 Å². The van der Waals surface area contributed by atoms with Gasteiger partial charge in [-0.25, -0.2) is 9.59 Å². The van der Waals surface area contributed by atoms with Crippen LogP contribution in [0.25, 0.3) is 0 Å². The Morgan fingerprint density at radius 1 is 0.500 bits per heavy atom. The Balaban J connectivity index is 1.54. The Morgan fingerprint density at radius 3 is 1.31 bits per heavy atom. The second-order valence-electron chi connectivity index (χ2n) is 8.01. The summed E-state index contributed by atoms with van der Waals surface area (Å²) in [6, 6.07) is 28.6. The first-order valence-electron chi connectivity index (χ1n) is 11.2. The first-order valence-corrected chi connectivity index (χ1v) is 11.2. The van der Waals surface area contributed by atoms with Gasteiger partial charge >= 0.3 is 11.9 Å². The minimum Gasteiger partial charge on any atom is -0.489 e. The Bertz CT molecular complexity index is 1240. The quantitative estimate of drug-likeness (QED) is 0.277. The van der Waals surface area contributed by atoms with Crippen LogP contribution in [-0.2, 0) is 19.8 Å². The lowest BCUT2D eigenvalue weighted by Crippen LogP contribution is -2.05. The number of benzene rings is 4. The van der Waals surface area contributed by atoms with E-state index in [2.05, 4.69) is 0 Å². The zero-order chi connectivity index (χ0) is 25.3. The second-order valence-corrected chi connectivity index (χ2v) is 8.01. The van der Waals surface area contributed by atoms with Gasteiger partial charge in [0.1, 0.15) is 37.1 Å². The molecule has 0 aliphatic heterocycles. The van der Waals surface area contributed by atoms with Crippen molar-refractivity contribution in [3.8, 4) is 17.2 Å². The first-order chi connectivity index (χ1) is 17.5. The summed E-state index contributed by atoms with van der Waals surface area (Å²) in [7, 11) is 0. The maximum Gasteiger partial charge on any atom is 0.335 e. The molecule has 0 aliphatic carbocycles. The van der Waals surface area contributed by atoms with Gasteiger partial charge in [-0.15, -0.1) is 0 Å². The summed E-state index contributed by atoms with van der Waals surface area (Å²) in [6.07, 6.45) is 0. The molecule has 0 saturated carbocycles. The summed E-state index contributed by atoms with van der Waals surface area (Å²) < 4.78 is 17.7. The van der Waals surface area contributed by atoms with Crippen LogP contribution in [0.2, 0.25) is 0 Å². The van der Waals surface area contributed by atoms with Gasteiger partial charge in [0.25, 0.3) is 0 Å². The van der Waals surface area contributed by atoms with E-state index in [9.17, 15) is 19.8 Å². The molecule has 7 heteroatoms. The molecule has 4 aromatic carbocycles. The molecule has 4 rings (SSSR count). The van der Waals surface area contributed by atoms with Gasteiger partial charge in [0.15, 0.2) is 0 Å². The van der Waals surface area contributed by atoms with Crippen molar-refractivity contribution in [2.45, 2.75) is 19.8 Å². The highest BCUT2D eigenvalue weighted by molar-refractivity contribution is 5.94. The average molecular weight is 485 g/mol. The number of carboxylic acid groups (broad SMARTS) is 2. The molecule has 7 nitrogen and oxygen atoms in total. The van der Waals surface area contributed by atoms with Crippen molar-refractivity contribution < 1.29 is 34.0 Å². The lowest BCUT2D eigenvalue weighted by Gasteiger charge is -2.14. The Hall–Kier alpha value is -4.78. The number of hydrogen-bond donors (Lipinski definition) is 2. The maximum absolute atomic E-state index is 11.4. The molecular formula is C29H24O7. The van der Waals surface area contributed by atoms with Crippen LogP contribution in [0.4, 0.5) is 0 Å². The van der Waals surface area contributed by atoms with E-state index < -0.39 is 11.9 Å². The van der Waals surface area contributed by atoms with Crippen molar-refractivity contribution in [1.29, 1.82) is 0 Å². The van der Waals surface area contributed by atoms with Crippen molar-refractivity contribution in [2.24, 2.45) is 0 Å². The molecule has 2 N–H and O–H groups in total. The lowest BCUT2D eigenvalue weighted by atomic mass is 10.1. The van der Waals surface area contributed by atoms with Gasteiger partial charge in [-0.1, -0.05) is 60.7 Å². The van der Waals surface area contributed by atoms with Gasteiger partial charge in [-0.05, 0) is 47.0 Å². The van der Waals surface area contributed by atoms with Crippen molar-refractivity contribution >= 4 is 11.9 Å². The van der Waals surface area contributed by atoms with Gasteiger partial charge in [-0.3, -0.25) is 0 Å². The summed E-state index contributed by atoms with van der Waals surface area (Å²) in [5, 5.41) is 18.6. The Kier molecular flexibility index (Phi) is 7.83. The zero-order valence-electron chi connectivity index (χ0n) is 19.3. The average Bonchev–Trinajstić information content (AvgIpc) is 2.90. The fraction of sp³-hybridized carbons (Fsp3) is 0.103. The van der Waals surface area contributed by atoms with Crippen LogP contribution in [-0.4, -0.2) is 22.2 Å². The predicted octanol–water partition coefficient (Wildman–Crippen LogP) is 5.82. The van der Waals surface area contributed by atoms with Crippen molar-refractivity contribution in [1.82, 2.24) is 0 Å². The summed E-state index contributed by atoms with van der Waals surface area (Å²) in [4.78, 5) is 22.8. The number of carbonyl (C=O) groups is 2. The minimum absolute atomic E-state index is 0.0480. The molecule has 0 atom stereocenters. The fourth-order valence-corrected chi connectivity index (χ4v) is 3.46. The predicted molar refractivity (Wildman–Crippen MR) is 133 cm³/mol. The van der Waals surface area contributed by atoms with E-state index in [1.165, 1.54) is 12.1 Å². The molecule has 4 aromatic rings. The van der Waals surface area contributed by atoms with Crippen molar-refractivity contribution in [2.75, 3.05) is 0 Å². The largest absolute Gasteiger partial charge is 0.489 e. The summed E-state index contributed by atoms with van der Waals surface area (Å²) in [5.74, 6) is -1.19. The molecule has 0 heterocycles. The van der Waals surface area contributed by atoms with E-state index >= 15 is 0 Å². The van der Waals surface area contributed by atoms with E-state index in [0.717, 1.165) is 17.2 Å². The molecular weight excluding hydrogens is 460 g/mol.